The minimum Gasteiger partial charge on any atom is -0.493 e. The summed E-state index contributed by atoms with van der Waals surface area (Å²) in [6, 6.07) is 17.0. The highest BCUT2D eigenvalue weighted by molar-refractivity contribution is 5.44. The van der Waals surface area contributed by atoms with Crippen molar-refractivity contribution in [2.45, 2.75) is 24.9 Å². The molecule has 4 nitrogen and oxygen atoms in total. The van der Waals surface area contributed by atoms with Gasteiger partial charge in [0.25, 0.3) is 0 Å². The molecule has 2 atom stereocenters. The fourth-order valence-electron chi connectivity index (χ4n) is 3.55. The lowest BCUT2D eigenvalue weighted by Crippen LogP contribution is -2.45. The Hall–Kier alpha value is -2.04. The first-order chi connectivity index (χ1) is 11.7. The summed E-state index contributed by atoms with van der Waals surface area (Å²) in [7, 11) is 3.34. The normalized spacial score (nSPS) is 21.5. The van der Waals surface area contributed by atoms with Gasteiger partial charge in [-0.25, -0.2) is 0 Å². The Morgan fingerprint density at radius 3 is 2.46 bits per heavy atom. The second-order valence-electron chi connectivity index (χ2n) is 6.49. The van der Waals surface area contributed by atoms with Gasteiger partial charge in [0.1, 0.15) is 0 Å². The second kappa shape index (κ2) is 7.69. The van der Waals surface area contributed by atoms with Crippen LogP contribution in [0.4, 0.5) is 0 Å². The summed E-state index contributed by atoms with van der Waals surface area (Å²) in [6.07, 6.45) is 1.00. The Morgan fingerprint density at radius 1 is 1.00 bits per heavy atom. The number of hydrogen-bond acceptors (Lipinski definition) is 4. The molecule has 0 spiro atoms. The summed E-state index contributed by atoms with van der Waals surface area (Å²) < 4.78 is 10.8. The zero-order valence-electron chi connectivity index (χ0n) is 14.4. The molecule has 0 saturated carbocycles. The molecule has 2 aromatic rings. The van der Waals surface area contributed by atoms with Gasteiger partial charge in [0, 0.05) is 25.7 Å². The van der Waals surface area contributed by atoms with Crippen molar-refractivity contribution in [1.29, 1.82) is 0 Å². The molecule has 3 rings (SSSR count). The molecule has 2 N–H and O–H groups in total. The third-order valence-electron chi connectivity index (χ3n) is 4.69. The summed E-state index contributed by atoms with van der Waals surface area (Å²) >= 11 is 0. The first kappa shape index (κ1) is 16.8. The molecule has 24 heavy (non-hydrogen) atoms. The maximum absolute atomic E-state index is 6.34. The van der Waals surface area contributed by atoms with E-state index in [4.69, 9.17) is 15.2 Å². The van der Waals surface area contributed by atoms with Crippen molar-refractivity contribution < 1.29 is 9.47 Å². The number of nitrogens with two attached hydrogens (primary N) is 1. The number of methoxy groups -OCH3 is 2. The van der Waals surface area contributed by atoms with Gasteiger partial charge in [0.05, 0.1) is 14.2 Å². The smallest absolute Gasteiger partial charge is 0.160 e. The van der Waals surface area contributed by atoms with Gasteiger partial charge in [0.2, 0.25) is 0 Å². The van der Waals surface area contributed by atoms with Crippen molar-refractivity contribution in [2.24, 2.45) is 5.73 Å². The predicted octanol–water partition coefficient (Wildman–Crippen LogP) is 3.02. The third kappa shape index (κ3) is 3.89. The Balaban J connectivity index is 1.75. The van der Waals surface area contributed by atoms with Crippen molar-refractivity contribution in [3.63, 3.8) is 0 Å². The Bertz CT molecular complexity index is 660. The molecule has 1 saturated heterocycles. The van der Waals surface area contributed by atoms with E-state index in [1.807, 2.05) is 6.07 Å². The van der Waals surface area contributed by atoms with Gasteiger partial charge in [-0.1, -0.05) is 36.4 Å². The van der Waals surface area contributed by atoms with Crippen LogP contribution in [0, 0.1) is 0 Å². The molecular formula is C20H26N2O2. The Kier molecular flexibility index (Phi) is 5.38. The quantitative estimate of drug-likeness (QED) is 0.917. The fraction of sp³-hybridized carbons (Fsp3) is 0.400. The van der Waals surface area contributed by atoms with E-state index in [1.54, 1.807) is 14.2 Å². The van der Waals surface area contributed by atoms with Crippen molar-refractivity contribution in [3.8, 4) is 11.5 Å². The van der Waals surface area contributed by atoms with E-state index < -0.39 is 0 Å². The van der Waals surface area contributed by atoms with Crippen molar-refractivity contribution in [1.82, 2.24) is 4.90 Å². The largest absolute Gasteiger partial charge is 0.493 e. The van der Waals surface area contributed by atoms with Gasteiger partial charge in [-0.05, 0) is 35.6 Å². The number of likely N-dealkylation sites (tertiary alicyclic amines) is 1. The maximum Gasteiger partial charge on any atom is 0.160 e. The highest BCUT2D eigenvalue weighted by Gasteiger charge is 2.26. The minimum absolute atomic E-state index is 0.195. The monoisotopic (exact) mass is 326 g/mol. The molecule has 1 heterocycles. The number of ether oxygens (including phenoxy) is 2. The molecule has 4 heteroatoms. The third-order valence-corrected chi connectivity index (χ3v) is 4.69. The van der Waals surface area contributed by atoms with Crippen molar-refractivity contribution in [3.05, 3.63) is 59.7 Å². The second-order valence-corrected chi connectivity index (χ2v) is 6.49. The summed E-state index contributed by atoms with van der Waals surface area (Å²) in [4.78, 5) is 2.45. The molecule has 0 aromatic heterocycles. The van der Waals surface area contributed by atoms with Gasteiger partial charge in [-0.15, -0.1) is 0 Å². The lowest BCUT2D eigenvalue weighted by molar-refractivity contribution is 0.181. The molecule has 1 aliphatic heterocycles. The number of piperidine rings is 1. The van der Waals surface area contributed by atoms with Crippen LogP contribution < -0.4 is 15.2 Å². The molecule has 0 amide bonds. The first-order valence-corrected chi connectivity index (χ1v) is 8.43. The summed E-state index contributed by atoms with van der Waals surface area (Å²) in [5, 5.41) is 0. The van der Waals surface area contributed by atoms with E-state index in [0.717, 1.165) is 37.6 Å². The van der Waals surface area contributed by atoms with Crippen LogP contribution in [0.5, 0.6) is 11.5 Å². The van der Waals surface area contributed by atoms with Crippen LogP contribution in [0.25, 0.3) is 0 Å². The zero-order chi connectivity index (χ0) is 16.9. The van der Waals surface area contributed by atoms with E-state index >= 15 is 0 Å². The molecule has 0 bridgehead atoms. The van der Waals surface area contributed by atoms with Crippen LogP contribution in [-0.4, -0.2) is 38.3 Å². The standard InChI is InChI=1S/C20H26N2O2/c1-23-19-9-8-16(11-20(19)24-2)17-10-18(21)14-22(13-17)12-15-6-4-3-5-7-15/h3-9,11,17-18H,10,12-14,21H2,1-2H3. The average molecular weight is 326 g/mol. The van der Waals surface area contributed by atoms with Gasteiger partial charge in [-0.2, -0.15) is 0 Å². The topological polar surface area (TPSA) is 47.7 Å². The highest BCUT2D eigenvalue weighted by atomic mass is 16.5. The molecule has 2 unspecified atom stereocenters. The summed E-state index contributed by atoms with van der Waals surface area (Å²) in [5.41, 5.74) is 8.93. The number of rotatable bonds is 5. The van der Waals surface area contributed by atoms with Gasteiger partial charge < -0.3 is 15.2 Å². The Morgan fingerprint density at radius 2 is 1.75 bits per heavy atom. The first-order valence-electron chi connectivity index (χ1n) is 8.43. The van der Waals surface area contributed by atoms with Crippen LogP contribution in [0.15, 0.2) is 48.5 Å². The molecule has 0 radical (unpaired) electrons. The summed E-state index contributed by atoms with van der Waals surface area (Å²) in [6.45, 7) is 2.90. The van der Waals surface area contributed by atoms with Crippen LogP contribution in [0.2, 0.25) is 0 Å². The van der Waals surface area contributed by atoms with E-state index in [2.05, 4.69) is 47.4 Å². The van der Waals surface area contributed by atoms with Gasteiger partial charge in [-0.3, -0.25) is 4.90 Å². The molecular weight excluding hydrogens is 300 g/mol. The summed E-state index contributed by atoms with van der Waals surface area (Å²) in [5.74, 6) is 1.96. The Labute approximate surface area is 144 Å². The molecule has 2 aromatic carbocycles. The van der Waals surface area contributed by atoms with Crippen LogP contribution in [0.3, 0.4) is 0 Å². The number of nitrogens with zero attached hydrogens (tertiary/aromatic N) is 1. The lowest BCUT2D eigenvalue weighted by Gasteiger charge is -2.36. The van der Waals surface area contributed by atoms with E-state index in [1.165, 1.54) is 11.1 Å². The highest BCUT2D eigenvalue weighted by Crippen LogP contribution is 2.34. The van der Waals surface area contributed by atoms with Crippen LogP contribution in [0.1, 0.15) is 23.5 Å². The predicted molar refractivity (Wildman–Crippen MR) is 96.6 cm³/mol. The van der Waals surface area contributed by atoms with Crippen LogP contribution >= 0.6 is 0 Å². The van der Waals surface area contributed by atoms with Gasteiger partial charge >= 0.3 is 0 Å². The average Bonchev–Trinajstić information content (AvgIpc) is 2.61. The SMILES string of the molecule is COc1ccc(C2CC(N)CN(Cc3ccccc3)C2)cc1OC. The van der Waals surface area contributed by atoms with E-state index in [-0.39, 0.29) is 6.04 Å². The van der Waals surface area contributed by atoms with E-state index in [9.17, 15) is 0 Å². The van der Waals surface area contributed by atoms with Gasteiger partial charge in [0.15, 0.2) is 11.5 Å². The van der Waals surface area contributed by atoms with Crippen molar-refractivity contribution in [2.75, 3.05) is 27.3 Å². The zero-order valence-corrected chi connectivity index (χ0v) is 14.4. The van der Waals surface area contributed by atoms with Crippen molar-refractivity contribution >= 4 is 0 Å². The molecule has 1 fully saturated rings. The molecule has 0 aliphatic carbocycles. The van der Waals surface area contributed by atoms with Crippen LogP contribution in [-0.2, 0) is 6.54 Å². The van der Waals surface area contributed by atoms with E-state index in [0.29, 0.717) is 5.92 Å². The molecule has 1 aliphatic rings. The maximum atomic E-state index is 6.34. The molecule has 128 valence electrons. The fourth-order valence-corrected chi connectivity index (χ4v) is 3.55. The minimum atomic E-state index is 0.195. The lowest BCUT2D eigenvalue weighted by atomic mass is 9.88. The number of hydrogen-bond donors (Lipinski definition) is 1. The number of benzene rings is 2.